The highest BCUT2D eigenvalue weighted by Crippen LogP contribution is 2.27. The van der Waals surface area contributed by atoms with Gasteiger partial charge in [0.1, 0.15) is 5.52 Å². The van der Waals surface area contributed by atoms with E-state index >= 15 is 0 Å². The summed E-state index contributed by atoms with van der Waals surface area (Å²) < 4.78 is 31.9. The van der Waals surface area contributed by atoms with Gasteiger partial charge < -0.3 is 4.42 Å². The fourth-order valence-electron chi connectivity index (χ4n) is 2.34. The number of oxazole rings is 1. The van der Waals surface area contributed by atoms with Gasteiger partial charge in [-0.1, -0.05) is 32.9 Å². The molecule has 1 heterocycles. The van der Waals surface area contributed by atoms with Crippen molar-refractivity contribution in [2.45, 2.75) is 32.6 Å². The Kier molecular flexibility index (Phi) is 3.47. The predicted molar refractivity (Wildman–Crippen MR) is 81.9 cm³/mol. The van der Waals surface area contributed by atoms with E-state index in [4.69, 9.17) is 4.42 Å². The SMILES string of the molecule is CC(C)(C)c1ccc2oc(Cc3ccc(F)c(F)c3)nc2c1. The Bertz CT molecular complexity index is 831. The third-order valence-electron chi connectivity index (χ3n) is 3.64. The number of rotatable bonds is 2. The summed E-state index contributed by atoms with van der Waals surface area (Å²) in [5.74, 6) is -1.22. The minimum absolute atomic E-state index is 0.0351. The van der Waals surface area contributed by atoms with Crippen molar-refractivity contribution in [1.82, 2.24) is 4.98 Å². The predicted octanol–water partition coefficient (Wildman–Crippen LogP) is 4.99. The molecule has 0 fully saturated rings. The molecule has 0 radical (unpaired) electrons. The Morgan fingerprint density at radius 2 is 1.77 bits per heavy atom. The van der Waals surface area contributed by atoms with Crippen molar-refractivity contribution in [2.24, 2.45) is 0 Å². The fourth-order valence-corrected chi connectivity index (χ4v) is 2.34. The largest absolute Gasteiger partial charge is 0.440 e. The minimum atomic E-state index is -0.858. The van der Waals surface area contributed by atoms with Gasteiger partial charge in [0.25, 0.3) is 0 Å². The van der Waals surface area contributed by atoms with Gasteiger partial charge >= 0.3 is 0 Å². The maximum Gasteiger partial charge on any atom is 0.199 e. The molecular weight excluding hydrogens is 284 g/mol. The average Bonchev–Trinajstić information content (AvgIpc) is 2.83. The monoisotopic (exact) mass is 301 g/mol. The fraction of sp³-hybridized carbons (Fsp3) is 0.278. The Morgan fingerprint density at radius 3 is 2.45 bits per heavy atom. The van der Waals surface area contributed by atoms with Crippen LogP contribution in [0.5, 0.6) is 0 Å². The molecule has 3 aromatic rings. The van der Waals surface area contributed by atoms with E-state index in [9.17, 15) is 8.78 Å². The van der Waals surface area contributed by atoms with E-state index < -0.39 is 11.6 Å². The Hall–Kier alpha value is -2.23. The molecule has 0 saturated carbocycles. The summed E-state index contributed by atoms with van der Waals surface area (Å²) in [4.78, 5) is 4.45. The zero-order valence-electron chi connectivity index (χ0n) is 12.8. The number of fused-ring (bicyclic) bond motifs is 1. The number of halogens is 2. The van der Waals surface area contributed by atoms with Crippen molar-refractivity contribution in [3.63, 3.8) is 0 Å². The second-order valence-electron chi connectivity index (χ2n) is 6.47. The first kappa shape index (κ1) is 14.7. The lowest BCUT2D eigenvalue weighted by atomic mass is 9.87. The Labute approximate surface area is 127 Å². The maximum atomic E-state index is 13.2. The summed E-state index contributed by atoms with van der Waals surface area (Å²) in [7, 11) is 0. The standard InChI is InChI=1S/C18H17F2NO/c1-18(2,3)12-5-7-16-15(10-12)21-17(22-16)9-11-4-6-13(19)14(20)8-11/h4-8,10H,9H2,1-3H3. The lowest BCUT2D eigenvalue weighted by Gasteiger charge is -2.18. The van der Waals surface area contributed by atoms with Gasteiger partial charge in [-0.25, -0.2) is 13.8 Å². The Balaban J connectivity index is 1.93. The van der Waals surface area contributed by atoms with E-state index in [-0.39, 0.29) is 5.41 Å². The molecule has 2 nitrogen and oxygen atoms in total. The van der Waals surface area contributed by atoms with E-state index in [0.717, 1.165) is 11.6 Å². The number of hydrogen-bond donors (Lipinski definition) is 0. The third kappa shape index (κ3) is 2.86. The molecule has 22 heavy (non-hydrogen) atoms. The highest BCUT2D eigenvalue weighted by atomic mass is 19.2. The Morgan fingerprint density at radius 1 is 1.00 bits per heavy atom. The first-order valence-electron chi connectivity index (χ1n) is 7.17. The summed E-state index contributed by atoms with van der Waals surface area (Å²) in [6, 6.07) is 9.75. The summed E-state index contributed by atoms with van der Waals surface area (Å²) in [6.45, 7) is 6.41. The molecule has 0 aliphatic rings. The van der Waals surface area contributed by atoms with Gasteiger partial charge in [-0.05, 0) is 40.8 Å². The summed E-state index contributed by atoms with van der Waals surface area (Å²) in [6.07, 6.45) is 0.330. The third-order valence-corrected chi connectivity index (χ3v) is 3.64. The molecule has 0 amide bonds. The van der Waals surface area contributed by atoms with Crippen LogP contribution >= 0.6 is 0 Å². The van der Waals surface area contributed by atoms with E-state index in [1.807, 2.05) is 18.2 Å². The van der Waals surface area contributed by atoms with Crippen molar-refractivity contribution in [2.75, 3.05) is 0 Å². The molecule has 0 atom stereocenters. The van der Waals surface area contributed by atoms with E-state index in [1.54, 1.807) is 0 Å². The van der Waals surface area contributed by atoms with E-state index in [1.165, 1.54) is 17.7 Å². The first-order chi connectivity index (χ1) is 10.3. The van der Waals surface area contributed by atoms with Crippen molar-refractivity contribution < 1.29 is 13.2 Å². The summed E-state index contributed by atoms with van der Waals surface area (Å²) >= 11 is 0. The molecule has 1 aromatic heterocycles. The van der Waals surface area contributed by atoms with E-state index in [0.29, 0.717) is 23.5 Å². The molecule has 0 aliphatic carbocycles. The van der Waals surface area contributed by atoms with Crippen LogP contribution in [0.1, 0.15) is 37.8 Å². The van der Waals surface area contributed by atoms with Gasteiger partial charge in [-0.15, -0.1) is 0 Å². The highest BCUT2D eigenvalue weighted by molar-refractivity contribution is 5.73. The molecule has 0 aliphatic heterocycles. The van der Waals surface area contributed by atoms with Crippen LogP contribution in [-0.4, -0.2) is 4.98 Å². The zero-order valence-corrected chi connectivity index (χ0v) is 12.8. The topological polar surface area (TPSA) is 26.0 Å². The molecule has 0 N–H and O–H groups in total. The van der Waals surface area contributed by atoms with Crippen LogP contribution in [-0.2, 0) is 11.8 Å². The number of nitrogens with zero attached hydrogens (tertiary/aromatic N) is 1. The van der Waals surface area contributed by atoms with Gasteiger partial charge in [-0.2, -0.15) is 0 Å². The first-order valence-corrected chi connectivity index (χ1v) is 7.17. The molecule has 0 spiro atoms. The summed E-state index contributed by atoms with van der Waals surface area (Å²) in [5.41, 5.74) is 3.32. The van der Waals surface area contributed by atoms with Crippen LogP contribution in [0.15, 0.2) is 40.8 Å². The molecule has 2 aromatic carbocycles. The minimum Gasteiger partial charge on any atom is -0.440 e. The van der Waals surface area contributed by atoms with Gasteiger partial charge in [0, 0.05) is 6.42 Å². The second kappa shape index (κ2) is 5.20. The molecule has 4 heteroatoms. The van der Waals surface area contributed by atoms with E-state index in [2.05, 4.69) is 25.8 Å². The van der Waals surface area contributed by atoms with Crippen LogP contribution in [0, 0.1) is 11.6 Å². The normalized spacial score (nSPS) is 12.0. The highest BCUT2D eigenvalue weighted by Gasteiger charge is 2.16. The molecule has 3 rings (SSSR count). The molecular formula is C18H17F2NO. The lowest BCUT2D eigenvalue weighted by Crippen LogP contribution is -2.10. The average molecular weight is 301 g/mol. The van der Waals surface area contributed by atoms with Crippen LogP contribution in [0.3, 0.4) is 0 Å². The van der Waals surface area contributed by atoms with Crippen LogP contribution < -0.4 is 0 Å². The summed E-state index contributed by atoms with van der Waals surface area (Å²) in [5, 5.41) is 0. The number of hydrogen-bond acceptors (Lipinski definition) is 2. The van der Waals surface area contributed by atoms with Gasteiger partial charge in [0.2, 0.25) is 0 Å². The zero-order chi connectivity index (χ0) is 15.9. The van der Waals surface area contributed by atoms with Gasteiger partial charge in [0.15, 0.2) is 23.1 Å². The smallest absolute Gasteiger partial charge is 0.199 e. The van der Waals surface area contributed by atoms with Gasteiger partial charge in [-0.3, -0.25) is 0 Å². The number of benzene rings is 2. The molecule has 0 bridgehead atoms. The van der Waals surface area contributed by atoms with Crippen molar-refractivity contribution in [3.05, 3.63) is 65.1 Å². The van der Waals surface area contributed by atoms with Crippen LogP contribution in [0.2, 0.25) is 0 Å². The quantitative estimate of drug-likeness (QED) is 0.666. The number of aromatic nitrogens is 1. The lowest BCUT2D eigenvalue weighted by molar-refractivity contribution is 0.505. The van der Waals surface area contributed by atoms with Gasteiger partial charge in [0.05, 0.1) is 0 Å². The molecule has 0 saturated heterocycles. The van der Waals surface area contributed by atoms with Crippen LogP contribution in [0.25, 0.3) is 11.1 Å². The maximum absolute atomic E-state index is 13.2. The second-order valence-corrected chi connectivity index (χ2v) is 6.47. The van der Waals surface area contributed by atoms with Crippen molar-refractivity contribution in [1.29, 1.82) is 0 Å². The van der Waals surface area contributed by atoms with Crippen molar-refractivity contribution >= 4 is 11.1 Å². The van der Waals surface area contributed by atoms with Crippen molar-refractivity contribution in [3.8, 4) is 0 Å². The van der Waals surface area contributed by atoms with Crippen LogP contribution in [0.4, 0.5) is 8.78 Å². The molecule has 114 valence electrons. The molecule has 0 unspecified atom stereocenters.